The lowest BCUT2D eigenvalue weighted by molar-refractivity contribution is -0.135. The Morgan fingerprint density at radius 1 is 1.25 bits per heavy atom. The molecule has 3 aliphatic rings. The third-order valence-corrected chi connectivity index (χ3v) is 6.63. The number of nitrogens with one attached hydrogen (secondary N) is 1. The van der Waals surface area contributed by atoms with E-state index in [0.717, 1.165) is 25.7 Å². The first-order valence-electron chi connectivity index (χ1n) is 8.47. The second-order valence-electron chi connectivity index (χ2n) is 6.77. The highest BCUT2D eigenvalue weighted by Gasteiger charge is 2.44. The molecule has 24 heavy (non-hydrogen) atoms. The van der Waals surface area contributed by atoms with Crippen molar-refractivity contribution in [2.45, 2.75) is 49.1 Å². The number of fused-ring (bicyclic) bond motifs is 2. The van der Waals surface area contributed by atoms with E-state index in [4.69, 9.17) is 4.74 Å². The first-order valence-corrected chi connectivity index (χ1v) is 9.96. The van der Waals surface area contributed by atoms with E-state index >= 15 is 0 Å². The lowest BCUT2D eigenvalue weighted by Gasteiger charge is -2.26. The highest BCUT2D eigenvalue weighted by Crippen LogP contribution is 2.31. The summed E-state index contributed by atoms with van der Waals surface area (Å²) in [6, 6.07) is 2.62. The number of aromatic nitrogens is 1. The molecule has 0 bridgehead atoms. The van der Waals surface area contributed by atoms with Crippen molar-refractivity contribution < 1.29 is 17.9 Å². The molecular weight excluding hydrogens is 330 g/mol. The molecule has 2 unspecified atom stereocenters. The van der Waals surface area contributed by atoms with Crippen LogP contribution in [-0.4, -0.2) is 49.4 Å². The fourth-order valence-corrected chi connectivity index (χ4v) is 5.21. The van der Waals surface area contributed by atoms with Crippen LogP contribution in [-0.2, 0) is 14.8 Å². The predicted molar refractivity (Wildman–Crippen MR) is 85.9 cm³/mol. The number of hydrogen-bond donors (Lipinski definition) is 1. The molecule has 1 N–H and O–H groups in total. The van der Waals surface area contributed by atoms with Crippen LogP contribution < -0.4 is 9.46 Å². The summed E-state index contributed by atoms with van der Waals surface area (Å²) < 4.78 is 33.5. The molecule has 1 aromatic heterocycles. The van der Waals surface area contributed by atoms with Gasteiger partial charge in [0.1, 0.15) is 11.0 Å². The molecule has 0 aromatic carbocycles. The van der Waals surface area contributed by atoms with Crippen molar-refractivity contribution in [3.63, 3.8) is 0 Å². The molecule has 2 atom stereocenters. The smallest absolute Gasteiger partial charge is 0.246 e. The van der Waals surface area contributed by atoms with Crippen LogP contribution in [0.2, 0.25) is 0 Å². The molecule has 0 radical (unpaired) electrons. The van der Waals surface area contributed by atoms with Crippen LogP contribution in [0.4, 0.5) is 0 Å². The monoisotopic (exact) mass is 351 g/mol. The molecule has 1 amide bonds. The van der Waals surface area contributed by atoms with E-state index in [2.05, 4.69) is 9.71 Å². The Bertz CT molecular complexity index is 745. The fourth-order valence-electron chi connectivity index (χ4n) is 3.87. The van der Waals surface area contributed by atoms with E-state index in [1.165, 1.54) is 18.7 Å². The van der Waals surface area contributed by atoms with Gasteiger partial charge in [0, 0.05) is 18.7 Å². The molecule has 130 valence electrons. The minimum Gasteiger partial charge on any atom is -0.470 e. The number of sulfonamides is 1. The standard InChI is InChI=1S/C16H21N3O4S/c20-16(11-5-2-1-3-6-11)19-9-12-13(10-19)23-15-14(7-4-8-17-15)24(21,22)18-12/h4,7-8,11-13,18H,1-3,5-6,9-10H2. The lowest BCUT2D eigenvalue weighted by atomic mass is 9.88. The van der Waals surface area contributed by atoms with Gasteiger partial charge in [-0.05, 0) is 25.0 Å². The lowest BCUT2D eigenvalue weighted by Crippen LogP contribution is -2.43. The summed E-state index contributed by atoms with van der Waals surface area (Å²) in [5, 5.41) is 0. The minimum absolute atomic E-state index is 0.0598. The molecule has 2 fully saturated rings. The van der Waals surface area contributed by atoms with Crippen molar-refractivity contribution >= 4 is 15.9 Å². The summed E-state index contributed by atoms with van der Waals surface area (Å²) >= 11 is 0. The Morgan fingerprint density at radius 2 is 2.04 bits per heavy atom. The second kappa shape index (κ2) is 6.00. The van der Waals surface area contributed by atoms with Crippen LogP contribution in [0, 0.1) is 5.92 Å². The maximum absolute atomic E-state index is 12.7. The number of amides is 1. The molecule has 2 aliphatic heterocycles. The van der Waals surface area contributed by atoms with E-state index in [0.29, 0.717) is 13.1 Å². The SMILES string of the molecule is O=C(C1CCCCC1)N1CC2NS(=O)(=O)c3cccnc3OC2C1. The van der Waals surface area contributed by atoms with Gasteiger partial charge in [-0.3, -0.25) is 4.79 Å². The number of rotatable bonds is 1. The quantitative estimate of drug-likeness (QED) is 0.812. The molecule has 4 rings (SSSR count). The van der Waals surface area contributed by atoms with Gasteiger partial charge in [-0.2, -0.15) is 0 Å². The molecule has 1 saturated carbocycles. The molecule has 1 saturated heterocycles. The maximum atomic E-state index is 12.7. The minimum atomic E-state index is -3.68. The zero-order valence-corrected chi connectivity index (χ0v) is 14.2. The van der Waals surface area contributed by atoms with Crippen molar-refractivity contribution in [3.8, 4) is 5.88 Å². The van der Waals surface area contributed by atoms with Crippen molar-refractivity contribution in [2.24, 2.45) is 5.92 Å². The number of hydrogen-bond acceptors (Lipinski definition) is 5. The van der Waals surface area contributed by atoms with Gasteiger partial charge in [-0.1, -0.05) is 19.3 Å². The van der Waals surface area contributed by atoms with Gasteiger partial charge in [-0.15, -0.1) is 0 Å². The van der Waals surface area contributed by atoms with E-state index in [1.807, 2.05) is 0 Å². The topological polar surface area (TPSA) is 88.6 Å². The Morgan fingerprint density at radius 3 is 2.83 bits per heavy atom. The van der Waals surface area contributed by atoms with E-state index in [1.54, 1.807) is 11.0 Å². The highest BCUT2D eigenvalue weighted by atomic mass is 32.2. The summed E-state index contributed by atoms with van der Waals surface area (Å²) in [6.45, 7) is 0.756. The number of nitrogens with zero attached hydrogens (tertiary/aromatic N) is 2. The van der Waals surface area contributed by atoms with Crippen molar-refractivity contribution in [1.29, 1.82) is 0 Å². The molecular formula is C16H21N3O4S. The zero-order chi connectivity index (χ0) is 16.7. The van der Waals surface area contributed by atoms with Crippen LogP contribution in [0.3, 0.4) is 0 Å². The van der Waals surface area contributed by atoms with Gasteiger partial charge < -0.3 is 9.64 Å². The maximum Gasteiger partial charge on any atom is 0.246 e. The number of pyridine rings is 1. The van der Waals surface area contributed by atoms with E-state index in [-0.39, 0.29) is 22.6 Å². The first-order chi connectivity index (χ1) is 11.5. The van der Waals surface area contributed by atoms with Crippen LogP contribution in [0.25, 0.3) is 0 Å². The van der Waals surface area contributed by atoms with Crippen LogP contribution in [0.15, 0.2) is 23.2 Å². The third kappa shape index (κ3) is 2.77. The van der Waals surface area contributed by atoms with E-state index < -0.39 is 22.2 Å². The van der Waals surface area contributed by atoms with Crippen LogP contribution >= 0.6 is 0 Å². The fraction of sp³-hybridized carbons (Fsp3) is 0.625. The summed E-state index contributed by atoms with van der Waals surface area (Å²) in [6.07, 6.45) is 6.36. The zero-order valence-electron chi connectivity index (χ0n) is 13.3. The average Bonchev–Trinajstić information content (AvgIpc) is 2.92. The highest BCUT2D eigenvalue weighted by molar-refractivity contribution is 7.89. The summed E-state index contributed by atoms with van der Waals surface area (Å²) in [7, 11) is -3.68. The summed E-state index contributed by atoms with van der Waals surface area (Å²) in [5.41, 5.74) is 0. The Hall–Kier alpha value is -1.67. The van der Waals surface area contributed by atoms with Gasteiger partial charge in [0.2, 0.25) is 21.8 Å². The predicted octanol–water partition coefficient (Wildman–Crippen LogP) is 0.912. The molecule has 0 spiro atoms. The van der Waals surface area contributed by atoms with Gasteiger partial charge in [-0.25, -0.2) is 18.1 Å². The van der Waals surface area contributed by atoms with Gasteiger partial charge in [0.25, 0.3) is 0 Å². The molecule has 3 heterocycles. The van der Waals surface area contributed by atoms with Gasteiger partial charge >= 0.3 is 0 Å². The van der Waals surface area contributed by atoms with Crippen LogP contribution in [0.5, 0.6) is 5.88 Å². The Labute approximate surface area is 141 Å². The molecule has 1 aliphatic carbocycles. The number of carbonyl (C=O) groups excluding carboxylic acids is 1. The van der Waals surface area contributed by atoms with E-state index in [9.17, 15) is 13.2 Å². The molecule has 1 aromatic rings. The van der Waals surface area contributed by atoms with Gasteiger partial charge in [0.15, 0.2) is 0 Å². The largest absolute Gasteiger partial charge is 0.470 e. The molecule has 7 nitrogen and oxygen atoms in total. The Balaban J connectivity index is 1.55. The van der Waals surface area contributed by atoms with Crippen molar-refractivity contribution in [1.82, 2.24) is 14.6 Å². The van der Waals surface area contributed by atoms with Crippen molar-refractivity contribution in [3.05, 3.63) is 18.3 Å². The summed E-state index contributed by atoms with van der Waals surface area (Å²) in [4.78, 5) is 18.6. The van der Waals surface area contributed by atoms with Gasteiger partial charge in [0.05, 0.1) is 12.6 Å². The van der Waals surface area contributed by atoms with Crippen molar-refractivity contribution in [2.75, 3.05) is 13.1 Å². The first kappa shape index (κ1) is 15.8. The Kier molecular flexibility index (Phi) is 3.96. The second-order valence-corrected chi connectivity index (χ2v) is 8.45. The van der Waals surface area contributed by atoms with Crippen LogP contribution in [0.1, 0.15) is 32.1 Å². The number of likely N-dealkylation sites (tertiary alicyclic amines) is 1. The molecule has 8 heteroatoms. The summed E-state index contributed by atoms with van der Waals surface area (Å²) in [5.74, 6) is 0.319. The normalized spacial score (nSPS) is 29.2. The third-order valence-electron chi connectivity index (χ3n) is 5.13. The number of carbonyl (C=O) groups is 1. The number of ether oxygens (including phenoxy) is 1. The average molecular weight is 351 g/mol.